The largest absolute Gasteiger partial charge is 0.389 e. The molecule has 1 aromatic rings. The molecule has 2 nitrogen and oxygen atoms in total. The van der Waals surface area contributed by atoms with Crippen LogP contribution in [-0.4, -0.2) is 23.0 Å². The van der Waals surface area contributed by atoms with E-state index in [-0.39, 0.29) is 0 Å². The summed E-state index contributed by atoms with van der Waals surface area (Å²) in [5.41, 5.74) is 7.78. The molecule has 82 valence electrons. The number of nitrogens with zero attached hydrogens (tertiary/aromatic N) is 1. The first kappa shape index (κ1) is 12.1. The van der Waals surface area contributed by atoms with Gasteiger partial charge in [0.15, 0.2) is 0 Å². The van der Waals surface area contributed by atoms with Crippen LogP contribution in [0.25, 0.3) is 0 Å². The predicted octanol–water partition coefficient (Wildman–Crippen LogP) is 2.16. The molecule has 0 heterocycles. The highest BCUT2D eigenvalue weighted by Gasteiger charge is 2.05. The van der Waals surface area contributed by atoms with Crippen molar-refractivity contribution in [3.8, 4) is 0 Å². The summed E-state index contributed by atoms with van der Waals surface area (Å²) in [6.07, 6.45) is 0. The van der Waals surface area contributed by atoms with E-state index in [2.05, 4.69) is 37.9 Å². The smallest absolute Gasteiger partial charge is 0.103 e. The lowest BCUT2D eigenvalue weighted by molar-refractivity contribution is 0.266. The molecule has 0 saturated carbocycles. The molecule has 0 amide bonds. The second-order valence-corrected chi connectivity index (χ2v) is 4.51. The van der Waals surface area contributed by atoms with Gasteiger partial charge in [-0.1, -0.05) is 30.4 Å². The maximum atomic E-state index is 5.59. The normalized spacial score (nSPS) is 11.0. The molecule has 0 aliphatic rings. The second-order valence-electron chi connectivity index (χ2n) is 4.07. The first-order valence-electron chi connectivity index (χ1n) is 5.09. The zero-order chi connectivity index (χ0) is 11.4. The third-order valence-electron chi connectivity index (χ3n) is 2.53. The summed E-state index contributed by atoms with van der Waals surface area (Å²) in [6, 6.07) is 8.64. The molecule has 0 saturated heterocycles. The molecule has 15 heavy (non-hydrogen) atoms. The van der Waals surface area contributed by atoms with Crippen molar-refractivity contribution < 1.29 is 0 Å². The lowest BCUT2D eigenvalue weighted by Crippen LogP contribution is -2.25. The zero-order valence-electron chi connectivity index (χ0n) is 9.53. The van der Waals surface area contributed by atoms with Gasteiger partial charge in [0.2, 0.25) is 0 Å². The summed E-state index contributed by atoms with van der Waals surface area (Å²) in [5, 5.41) is 0. The summed E-state index contributed by atoms with van der Waals surface area (Å²) < 4.78 is 0. The number of hydrogen-bond acceptors (Lipinski definition) is 2. The number of nitrogens with two attached hydrogens (primary N) is 1. The fourth-order valence-corrected chi connectivity index (χ4v) is 1.42. The first-order valence-corrected chi connectivity index (χ1v) is 5.50. The minimum atomic E-state index is 0.462. The molecule has 0 fully saturated rings. The van der Waals surface area contributed by atoms with E-state index in [1.165, 1.54) is 5.56 Å². The van der Waals surface area contributed by atoms with Gasteiger partial charge in [0.05, 0.1) is 0 Å². The minimum absolute atomic E-state index is 0.462. The minimum Gasteiger partial charge on any atom is -0.389 e. The molecule has 1 rings (SSSR count). The van der Waals surface area contributed by atoms with Crippen LogP contribution in [0.1, 0.15) is 25.0 Å². The van der Waals surface area contributed by atoms with Gasteiger partial charge in [0.25, 0.3) is 0 Å². The number of rotatable bonds is 4. The molecule has 0 radical (unpaired) electrons. The van der Waals surface area contributed by atoms with Crippen molar-refractivity contribution in [1.82, 2.24) is 4.90 Å². The maximum Gasteiger partial charge on any atom is 0.103 e. The molecular formula is C12H18N2S. The van der Waals surface area contributed by atoms with Crippen molar-refractivity contribution in [2.75, 3.05) is 7.05 Å². The molecule has 3 heteroatoms. The molecule has 2 N–H and O–H groups in total. The van der Waals surface area contributed by atoms with Crippen LogP contribution in [0.4, 0.5) is 0 Å². The Kier molecular flexibility index (Phi) is 4.24. The van der Waals surface area contributed by atoms with Crippen molar-refractivity contribution >= 4 is 17.2 Å². The SMILES string of the molecule is CC(C)N(C)Cc1cccc(C(N)=S)c1. The standard InChI is InChI=1S/C12H18N2S/c1-9(2)14(3)8-10-5-4-6-11(7-10)12(13)15/h4-7,9H,8H2,1-3H3,(H2,13,15). The van der Waals surface area contributed by atoms with Crippen molar-refractivity contribution in [3.63, 3.8) is 0 Å². The highest BCUT2D eigenvalue weighted by molar-refractivity contribution is 7.80. The summed E-state index contributed by atoms with van der Waals surface area (Å²) in [5.74, 6) is 0. The number of benzene rings is 1. The Hall–Kier alpha value is -0.930. The van der Waals surface area contributed by atoms with Gasteiger partial charge in [-0.15, -0.1) is 0 Å². The highest BCUT2D eigenvalue weighted by atomic mass is 32.1. The van der Waals surface area contributed by atoms with Gasteiger partial charge < -0.3 is 5.73 Å². The Bertz CT molecular complexity index is 347. The van der Waals surface area contributed by atoms with Crippen LogP contribution in [0.5, 0.6) is 0 Å². The fraction of sp³-hybridized carbons (Fsp3) is 0.417. The second kappa shape index (κ2) is 5.24. The van der Waals surface area contributed by atoms with Gasteiger partial charge in [-0.2, -0.15) is 0 Å². The third-order valence-corrected chi connectivity index (χ3v) is 2.76. The van der Waals surface area contributed by atoms with Gasteiger partial charge in [-0.05, 0) is 32.5 Å². The van der Waals surface area contributed by atoms with E-state index in [0.717, 1.165) is 12.1 Å². The average Bonchev–Trinajstić information content (AvgIpc) is 2.18. The summed E-state index contributed by atoms with van der Waals surface area (Å²) >= 11 is 4.95. The van der Waals surface area contributed by atoms with E-state index in [4.69, 9.17) is 18.0 Å². The van der Waals surface area contributed by atoms with Crippen molar-refractivity contribution in [2.24, 2.45) is 5.73 Å². The van der Waals surface area contributed by atoms with E-state index in [1.54, 1.807) is 0 Å². The molecule has 0 atom stereocenters. The summed E-state index contributed by atoms with van der Waals surface area (Å²) in [6.45, 7) is 5.28. The number of thiocarbonyl (C=S) groups is 1. The van der Waals surface area contributed by atoms with Crippen LogP contribution < -0.4 is 5.73 Å². The van der Waals surface area contributed by atoms with E-state index < -0.39 is 0 Å². The Balaban J connectivity index is 2.78. The molecule has 0 aliphatic heterocycles. The van der Waals surface area contributed by atoms with Gasteiger partial charge in [0, 0.05) is 18.2 Å². The Morgan fingerprint density at radius 1 is 1.47 bits per heavy atom. The highest BCUT2D eigenvalue weighted by Crippen LogP contribution is 2.09. The van der Waals surface area contributed by atoms with Crippen LogP contribution in [0.3, 0.4) is 0 Å². The topological polar surface area (TPSA) is 29.3 Å². The van der Waals surface area contributed by atoms with Crippen LogP contribution in [0, 0.1) is 0 Å². The van der Waals surface area contributed by atoms with E-state index in [1.807, 2.05) is 12.1 Å². The molecule has 0 bridgehead atoms. The molecule has 1 aromatic carbocycles. The van der Waals surface area contributed by atoms with Crippen molar-refractivity contribution in [1.29, 1.82) is 0 Å². The van der Waals surface area contributed by atoms with Crippen LogP contribution in [-0.2, 0) is 6.54 Å². The van der Waals surface area contributed by atoms with E-state index >= 15 is 0 Å². The molecule has 0 spiro atoms. The molecule has 0 unspecified atom stereocenters. The Morgan fingerprint density at radius 2 is 2.13 bits per heavy atom. The van der Waals surface area contributed by atoms with Gasteiger partial charge in [-0.25, -0.2) is 0 Å². The van der Waals surface area contributed by atoms with E-state index in [9.17, 15) is 0 Å². The average molecular weight is 222 g/mol. The van der Waals surface area contributed by atoms with Crippen LogP contribution >= 0.6 is 12.2 Å². The molecular weight excluding hydrogens is 204 g/mol. The quantitative estimate of drug-likeness (QED) is 0.792. The van der Waals surface area contributed by atoms with Gasteiger partial charge >= 0.3 is 0 Å². The predicted molar refractivity (Wildman–Crippen MR) is 68.9 cm³/mol. The van der Waals surface area contributed by atoms with Crippen molar-refractivity contribution in [2.45, 2.75) is 26.4 Å². The summed E-state index contributed by atoms with van der Waals surface area (Å²) in [4.78, 5) is 2.74. The zero-order valence-corrected chi connectivity index (χ0v) is 10.3. The van der Waals surface area contributed by atoms with Gasteiger partial charge in [0.1, 0.15) is 4.99 Å². The van der Waals surface area contributed by atoms with Crippen LogP contribution in [0.15, 0.2) is 24.3 Å². The lowest BCUT2D eigenvalue weighted by atomic mass is 10.1. The fourth-order valence-electron chi connectivity index (χ4n) is 1.29. The Morgan fingerprint density at radius 3 is 2.67 bits per heavy atom. The number of hydrogen-bond donors (Lipinski definition) is 1. The third kappa shape index (κ3) is 3.61. The monoisotopic (exact) mass is 222 g/mol. The maximum absolute atomic E-state index is 5.59. The molecule has 0 aliphatic carbocycles. The summed E-state index contributed by atoms with van der Waals surface area (Å²) in [7, 11) is 2.11. The first-order chi connectivity index (χ1) is 7.00. The Labute approximate surface area is 97.1 Å². The van der Waals surface area contributed by atoms with Crippen LogP contribution in [0.2, 0.25) is 0 Å². The van der Waals surface area contributed by atoms with Crippen molar-refractivity contribution in [3.05, 3.63) is 35.4 Å². The van der Waals surface area contributed by atoms with E-state index in [0.29, 0.717) is 11.0 Å². The lowest BCUT2D eigenvalue weighted by Gasteiger charge is -2.21. The van der Waals surface area contributed by atoms with Gasteiger partial charge in [-0.3, -0.25) is 4.90 Å². The molecule has 0 aromatic heterocycles.